The van der Waals surface area contributed by atoms with Crippen LogP contribution in [0.2, 0.25) is 0 Å². The van der Waals surface area contributed by atoms with Gasteiger partial charge >= 0.3 is 0 Å². The van der Waals surface area contributed by atoms with E-state index >= 15 is 0 Å². The fraction of sp³-hybridized carbons (Fsp3) is 0.421. The van der Waals surface area contributed by atoms with Crippen LogP contribution in [0.15, 0.2) is 30.5 Å². The molecule has 124 valence electrons. The van der Waals surface area contributed by atoms with Crippen molar-refractivity contribution in [2.75, 3.05) is 31.2 Å². The Morgan fingerprint density at radius 2 is 1.88 bits per heavy atom. The van der Waals surface area contributed by atoms with Gasteiger partial charge in [-0.25, -0.2) is 9.97 Å². The zero-order valence-corrected chi connectivity index (χ0v) is 13.9. The largest absolute Gasteiger partial charge is 0.378 e. The summed E-state index contributed by atoms with van der Waals surface area (Å²) < 4.78 is 5.38. The van der Waals surface area contributed by atoms with Crippen molar-refractivity contribution in [1.82, 2.24) is 9.97 Å². The average Bonchev–Trinajstić information content (AvgIpc) is 2.62. The van der Waals surface area contributed by atoms with Crippen LogP contribution in [0.25, 0.3) is 0 Å². The lowest BCUT2D eigenvalue weighted by Gasteiger charge is -2.28. The van der Waals surface area contributed by atoms with Gasteiger partial charge in [0, 0.05) is 25.7 Å². The number of ether oxygens (including phenoxy) is 1. The third-order valence-electron chi connectivity index (χ3n) is 4.87. The molecule has 0 amide bonds. The molecule has 2 aliphatic rings. The summed E-state index contributed by atoms with van der Waals surface area (Å²) >= 11 is 0. The van der Waals surface area contributed by atoms with Gasteiger partial charge < -0.3 is 9.64 Å². The van der Waals surface area contributed by atoms with E-state index in [4.69, 9.17) is 9.72 Å². The highest BCUT2D eigenvalue weighted by Crippen LogP contribution is 2.32. The first-order valence-electron chi connectivity index (χ1n) is 8.49. The number of benzene rings is 1. The molecule has 0 radical (unpaired) electrons. The number of rotatable bonds is 2. The number of hydrogen-bond donors (Lipinski definition) is 0. The number of aromatic nitrogens is 2. The molecule has 1 atom stereocenters. The summed E-state index contributed by atoms with van der Waals surface area (Å²) in [4.78, 5) is 23.8. The summed E-state index contributed by atoms with van der Waals surface area (Å²) in [6.07, 6.45) is 3.04. The van der Waals surface area contributed by atoms with Crippen LogP contribution in [0.5, 0.6) is 0 Å². The van der Waals surface area contributed by atoms with Gasteiger partial charge in [-0.3, -0.25) is 4.79 Å². The van der Waals surface area contributed by atoms with E-state index in [1.54, 1.807) is 6.20 Å². The first-order valence-corrected chi connectivity index (χ1v) is 8.49. The van der Waals surface area contributed by atoms with Gasteiger partial charge in [-0.2, -0.15) is 0 Å². The maximum atomic E-state index is 12.5. The van der Waals surface area contributed by atoms with Crippen molar-refractivity contribution in [3.05, 3.63) is 52.8 Å². The molecule has 1 aromatic heterocycles. The summed E-state index contributed by atoms with van der Waals surface area (Å²) in [6, 6.07) is 8.47. The highest BCUT2D eigenvalue weighted by atomic mass is 16.5. The summed E-state index contributed by atoms with van der Waals surface area (Å²) in [5, 5.41) is 0. The second-order valence-electron chi connectivity index (χ2n) is 6.57. The van der Waals surface area contributed by atoms with Crippen LogP contribution in [0.1, 0.15) is 39.5 Å². The summed E-state index contributed by atoms with van der Waals surface area (Å²) in [6.45, 7) is 5.08. The van der Waals surface area contributed by atoms with Crippen LogP contribution in [-0.2, 0) is 11.2 Å². The molecule has 4 rings (SSSR count). The Labute approximate surface area is 141 Å². The number of aryl methyl sites for hydroxylation is 1. The lowest BCUT2D eigenvalue weighted by atomic mass is 9.82. The predicted molar refractivity (Wildman–Crippen MR) is 91.6 cm³/mol. The Morgan fingerprint density at radius 1 is 1.12 bits per heavy atom. The standard InChI is InChI=1S/C19H21N3O2/c1-13-2-4-14(5-3-13)15-10-17-16(18(23)11-15)12-20-19(21-17)22-6-8-24-9-7-22/h2-5,12,15H,6-11H2,1H3/t15-/m1/s1. The maximum Gasteiger partial charge on any atom is 0.225 e. The molecule has 1 fully saturated rings. The number of Topliss-reactive ketones (excluding diaryl/α,β-unsaturated/α-hetero) is 1. The minimum atomic E-state index is 0.148. The van der Waals surface area contributed by atoms with E-state index in [2.05, 4.69) is 41.1 Å². The van der Waals surface area contributed by atoms with Crippen molar-refractivity contribution in [3.63, 3.8) is 0 Å². The van der Waals surface area contributed by atoms with Crippen LogP contribution < -0.4 is 4.90 Å². The summed E-state index contributed by atoms with van der Waals surface area (Å²) in [5.41, 5.74) is 4.02. The van der Waals surface area contributed by atoms with Gasteiger partial charge in [0.15, 0.2) is 5.78 Å². The van der Waals surface area contributed by atoms with Gasteiger partial charge in [0.1, 0.15) is 0 Å². The monoisotopic (exact) mass is 323 g/mol. The number of nitrogens with zero attached hydrogens (tertiary/aromatic N) is 3. The molecular formula is C19H21N3O2. The third-order valence-corrected chi connectivity index (χ3v) is 4.87. The van der Waals surface area contributed by atoms with E-state index in [1.807, 2.05) is 0 Å². The molecule has 0 unspecified atom stereocenters. The van der Waals surface area contributed by atoms with Crippen LogP contribution in [0.4, 0.5) is 5.95 Å². The molecule has 0 bridgehead atoms. The molecule has 0 N–H and O–H groups in total. The van der Waals surface area contributed by atoms with Crippen molar-refractivity contribution < 1.29 is 9.53 Å². The van der Waals surface area contributed by atoms with Crippen LogP contribution in [-0.4, -0.2) is 42.1 Å². The number of carbonyl (C=O) groups is 1. The van der Waals surface area contributed by atoms with E-state index in [1.165, 1.54) is 11.1 Å². The number of hydrogen-bond acceptors (Lipinski definition) is 5. The van der Waals surface area contributed by atoms with E-state index in [0.717, 1.165) is 31.2 Å². The molecule has 1 aliphatic heterocycles. The molecule has 2 aromatic rings. The maximum absolute atomic E-state index is 12.5. The summed E-state index contributed by atoms with van der Waals surface area (Å²) in [7, 11) is 0. The van der Waals surface area contributed by atoms with Crippen molar-refractivity contribution >= 4 is 11.7 Å². The van der Waals surface area contributed by atoms with Gasteiger partial charge in [-0.15, -0.1) is 0 Å². The van der Waals surface area contributed by atoms with Crippen molar-refractivity contribution in [2.24, 2.45) is 0 Å². The Hall–Kier alpha value is -2.27. The van der Waals surface area contributed by atoms with Crippen molar-refractivity contribution in [2.45, 2.75) is 25.7 Å². The summed E-state index contributed by atoms with van der Waals surface area (Å²) in [5.74, 6) is 1.07. The minimum absolute atomic E-state index is 0.148. The SMILES string of the molecule is Cc1ccc([C@H]2CC(=O)c3cnc(N4CCOCC4)nc3C2)cc1. The fourth-order valence-corrected chi connectivity index (χ4v) is 3.42. The normalized spacial score (nSPS) is 20.8. The Bertz CT molecular complexity index is 752. The van der Waals surface area contributed by atoms with Crippen molar-refractivity contribution in [1.29, 1.82) is 0 Å². The smallest absolute Gasteiger partial charge is 0.225 e. The zero-order chi connectivity index (χ0) is 16.5. The molecule has 0 saturated carbocycles. The molecule has 5 heteroatoms. The molecule has 0 spiro atoms. The van der Waals surface area contributed by atoms with Crippen LogP contribution >= 0.6 is 0 Å². The van der Waals surface area contributed by atoms with E-state index < -0.39 is 0 Å². The Kier molecular flexibility index (Phi) is 4.02. The van der Waals surface area contributed by atoms with E-state index in [9.17, 15) is 4.79 Å². The topological polar surface area (TPSA) is 55.3 Å². The number of fused-ring (bicyclic) bond motifs is 1. The molecule has 5 nitrogen and oxygen atoms in total. The molecule has 1 saturated heterocycles. The molecule has 1 aliphatic carbocycles. The van der Waals surface area contributed by atoms with Gasteiger partial charge in [0.25, 0.3) is 0 Å². The zero-order valence-electron chi connectivity index (χ0n) is 13.9. The van der Waals surface area contributed by atoms with Gasteiger partial charge in [-0.05, 0) is 24.8 Å². The highest BCUT2D eigenvalue weighted by Gasteiger charge is 2.28. The molecular weight excluding hydrogens is 302 g/mol. The fourth-order valence-electron chi connectivity index (χ4n) is 3.42. The molecule has 24 heavy (non-hydrogen) atoms. The van der Waals surface area contributed by atoms with Gasteiger partial charge in [0.05, 0.1) is 24.5 Å². The van der Waals surface area contributed by atoms with Gasteiger partial charge in [0.2, 0.25) is 5.95 Å². The van der Waals surface area contributed by atoms with Crippen LogP contribution in [0.3, 0.4) is 0 Å². The lowest BCUT2D eigenvalue weighted by molar-refractivity contribution is 0.0962. The van der Waals surface area contributed by atoms with E-state index in [0.29, 0.717) is 25.2 Å². The Morgan fingerprint density at radius 3 is 2.62 bits per heavy atom. The van der Waals surface area contributed by atoms with Crippen molar-refractivity contribution in [3.8, 4) is 0 Å². The second-order valence-corrected chi connectivity index (χ2v) is 6.57. The third kappa shape index (κ3) is 2.91. The number of anilines is 1. The lowest BCUT2D eigenvalue weighted by Crippen LogP contribution is -2.37. The quantitative estimate of drug-likeness (QED) is 0.850. The number of morpholine rings is 1. The first-order chi connectivity index (χ1) is 11.7. The number of carbonyl (C=O) groups excluding carboxylic acids is 1. The number of ketones is 1. The molecule has 1 aromatic carbocycles. The van der Waals surface area contributed by atoms with Crippen LogP contribution in [0, 0.1) is 6.92 Å². The second kappa shape index (κ2) is 6.32. The first kappa shape index (κ1) is 15.3. The van der Waals surface area contributed by atoms with E-state index in [-0.39, 0.29) is 11.7 Å². The minimum Gasteiger partial charge on any atom is -0.378 e. The Balaban J connectivity index is 1.62. The average molecular weight is 323 g/mol. The molecule has 2 heterocycles. The van der Waals surface area contributed by atoms with Gasteiger partial charge in [-0.1, -0.05) is 29.8 Å². The predicted octanol–water partition coefficient (Wildman–Crippen LogP) is 2.53. The highest BCUT2D eigenvalue weighted by molar-refractivity contribution is 5.98.